The second-order valence-electron chi connectivity index (χ2n) is 6.16. The molecule has 0 saturated carbocycles. The van der Waals surface area contributed by atoms with Gasteiger partial charge in [-0.1, -0.05) is 30.3 Å². The first-order valence-electron chi connectivity index (χ1n) is 8.30. The molecule has 1 aromatic heterocycles. The number of aromatic nitrogens is 1. The summed E-state index contributed by atoms with van der Waals surface area (Å²) in [5.41, 5.74) is 1.77. The fourth-order valence-corrected chi connectivity index (χ4v) is 4.44. The third-order valence-corrected chi connectivity index (χ3v) is 6.14. The van der Waals surface area contributed by atoms with Crippen molar-refractivity contribution in [3.05, 3.63) is 65.7 Å². The SMILES string of the molecule is CC(C)NS(=O)(=O)c1ccc(NC(=O)c2csc(-c3ccccc3)n2)cc1. The summed E-state index contributed by atoms with van der Waals surface area (Å²) in [6, 6.07) is 15.4. The van der Waals surface area contributed by atoms with Crippen molar-refractivity contribution < 1.29 is 13.2 Å². The quantitative estimate of drug-likeness (QED) is 0.658. The molecule has 2 N–H and O–H groups in total. The zero-order valence-corrected chi connectivity index (χ0v) is 16.5. The zero-order valence-electron chi connectivity index (χ0n) is 14.8. The lowest BCUT2D eigenvalue weighted by Crippen LogP contribution is -2.30. The van der Waals surface area contributed by atoms with Crippen LogP contribution in [-0.2, 0) is 10.0 Å². The van der Waals surface area contributed by atoms with Crippen molar-refractivity contribution in [1.29, 1.82) is 0 Å². The molecular formula is C19H19N3O3S2. The highest BCUT2D eigenvalue weighted by atomic mass is 32.2. The zero-order chi connectivity index (χ0) is 19.4. The molecular weight excluding hydrogens is 382 g/mol. The van der Waals surface area contributed by atoms with Crippen LogP contribution in [0, 0.1) is 0 Å². The molecule has 0 aliphatic carbocycles. The number of hydrogen-bond acceptors (Lipinski definition) is 5. The van der Waals surface area contributed by atoms with Gasteiger partial charge in [0.05, 0.1) is 4.90 Å². The Bertz CT molecular complexity index is 1030. The van der Waals surface area contributed by atoms with Gasteiger partial charge in [-0.2, -0.15) is 0 Å². The Kier molecular flexibility index (Phi) is 5.69. The smallest absolute Gasteiger partial charge is 0.275 e. The molecule has 1 amide bonds. The van der Waals surface area contributed by atoms with E-state index in [1.807, 2.05) is 30.3 Å². The predicted molar refractivity (Wildman–Crippen MR) is 107 cm³/mol. The van der Waals surface area contributed by atoms with Gasteiger partial charge in [0, 0.05) is 22.7 Å². The van der Waals surface area contributed by atoms with Gasteiger partial charge in [0.15, 0.2) is 0 Å². The number of sulfonamides is 1. The van der Waals surface area contributed by atoms with Gasteiger partial charge >= 0.3 is 0 Å². The molecule has 140 valence electrons. The highest BCUT2D eigenvalue weighted by Crippen LogP contribution is 2.24. The van der Waals surface area contributed by atoms with Crippen LogP contribution in [0.2, 0.25) is 0 Å². The lowest BCUT2D eigenvalue weighted by molar-refractivity contribution is 0.102. The van der Waals surface area contributed by atoms with Crippen LogP contribution >= 0.6 is 11.3 Å². The normalized spacial score (nSPS) is 11.5. The minimum absolute atomic E-state index is 0.147. The number of amides is 1. The second kappa shape index (κ2) is 7.99. The molecule has 3 aromatic rings. The topological polar surface area (TPSA) is 88.2 Å². The maximum absolute atomic E-state index is 12.4. The molecule has 0 saturated heterocycles. The first kappa shape index (κ1) is 19.2. The minimum Gasteiger partial charge on any atom is -0.321 e. The molecule has 3 rings (SSSR count). The van der Waals surface area contributed by atoms with Crippen LogP contribution in [0.15, 0.2) is 64.9 Å². The number of carbonyl (C=O) groups excluding carboxylic acids is 1. The predicted octanol–water partition coefficient (Wildman–Crippen LogP) is 3.75. The number of carbonyl (C=O) groups is 1. The number of nitrogens with zero attached hydrogens (tertiary/aromatic N) is 1. The Balaban J connectivity index is 1.71. The van der Waals surface area contributed by atoms with Crippen LogP contribution < -0.4 is 10.0 Å². The van der Waals surface area contributed by atoms with E-state index in [4.69, 9.17) is 0 Å². The van der Waals surface area contributed by atoms with Gasteiger partial charge in [-0.05, 0) is 38.1 Å². The van der Waals surface area contributed by atoms with Gasteiger partial charge in [0.25, 0.3) is 5.91 Å². The maximum Gasteiger partial charge on any atom is 0.275 e. The number of nitrogens with one attached hydrogen (secondary N) is 2. The van der Waals surface area contributed by atoms with E-state index in [-0.39, 0.29) is 16.8 Å². The van der Waals surface area contributed by atoms with Crippen LogP contribution in [0.25, 0.3) is 10.6 Å². The average Bonchev–Trinajstić information content (AvgIpc) is 3.12. The summed E-state index contributed by atoms with van der Waals surface area (Å²) in [6.07, 6.45) is 0. The Morgan fingerprint density at radius 3 is 2.33 bits per heavy atom. The molecule has 0 aliphatic heterocycles. The highest BCUT2D eigenvalue weighted by molar-refractivity contribution is 7.89. The van der Waals surface area contributed by atoms with Crippen LogP contribution in [0.1, 0.15) is 24.3 Å². The molecule has 6 nitrogen and oxygen atoms in total. The molecule has 0 unspecified atom stereocenters. The van der Waals surface area contributed by atoms with Crippen LogP contribution in [0.3, 0.4) is 0 Å². The molecule has 0 spiro atoms. The number of hydrogen-bond donors (Lipinski definition) is 2. The number of benzene rings is 2. The van der Waals surface area contributed by atoms with Crippen molar-refractivity contribution in [3.63, 3.8) is 0 Å². The van der Waals surface area contributed by atoms with E-state index in [1.54, 1.807) is 31.4 Å². The summed E-state index contributed by atoms with van der Waals surface area (Å²) >= 11 is 1.39. The van der Waals surface area contributed by atoms with E-state index in [0.29, 0.717) is 11.4 Å². The van der Waals surface area contributed by atoms with Crippen LogP contribution in [0.4, 0.5) is 5.69 Å². The van der Waals surface area contributed by atoms with E-state index < -0.39 is 10.0 Å². The average molecular weight is 402 g/mol. The van der Waals surface area contributed by atoms with E-state index in [1.165, 1.54) is 23.5 Å². The molecule has 0 aliphatic rings. The van der Waals surface area contributed by atoms with Gasteiger partial charge in [0.1, 0.15) is 10.7 Å². The molecule has 0 bridgehead atoms. The van der Waals surface area contributed by atoms with Crippen LogP contribution in [-0.4, -0.2) is 25.4 Å². The third kappa shape index (κ3) is 4.79. The largest absolute Gasteiger partial charge is 0.321 e. The third-order valence-electron chi connectivity index (χ3n) is 3.57. The lowest BCUT2D eigenvalue weighted by Gasteiger charge is -2.10. The molecule has 1 heterocycles. The molecule has 0 atom stereocenters. The second-order valence-corrected chi connectivity index (χ2v) is 8.73. The van der Waals surface area contributed by atoms with Crippen molar-refractivity contribution in [2.75, 3.05) is 5.32 Å². The van der Waals surface area contributed by atoms with Gasteiger partial charge < -0.3 is 5.32 Å². The number of rotatable bonds is 6. The van der Waals surface area contributed by atoms with E-state index in [9.17, 15) is 13.2 Å². The van der Waals surface area contributed by atoms with Crippen LogP contribution in [0.5, 0.6) is 0 Å². The molecule has 0 radical (unpaired) electrons. The summed E-state index contributed by atoms with van der Waals surface area (Å²) < 4.78 is 26.8. The molecule has 0 fully saturated rings. The van der Waals surface area contributed by atoms with Crippen molar-refractivity contribution in [3.8, 4) is 10.6 Å². The summed E-state index contributed by atoms with van der Waals surface area (Å²) in [4.78, 5) is 16.9. The Morgan fingerprint density at radius 2 is 1.70 bits per heavy atom. The van der Waals surface area contributed by atoms with Gasteiger partial charge in [-0.3, -0.25) is 4.79 Å². The Labute approximate surface area is 162 Å². The van der Waals surface area contributed by atoms with Crippen molar-refractivity contribution >= 4 is 33.0 Å². The first-order valence-corrected chi connectivity index (χ1v) is 10.7. The summed E-state index contributed by atoms with van der Waals surface area (Å²) in [6.45, 7) is 3.51. The van der Waals surface area contributed by atoms with Gasteiger partial charge in [-0.25, -0.2) is 18.1 Å². The molecule has 2 aromatic carbocycles. The van der Waals surface area contributed by atoms with Gasteiger partial charge in [0.2, 0.25) is 10.0 Å². The monoisotopic (exact) mass is 401 g/mol. The molecule has 8 heteroatoms. The van der Waals surface area contributed by atoms with Crippen molar-refractivity contribution in [2.45, 2.75) is 24.8 Å². The van der Waals surface area contributed by atoms with E-state index in [2.05, 4.69) is 15.0 Å². The Morgan fingerprint density at radius 1 is 1.04 bits per heavy atom. The maximum atomic E-state index is 12.4. The summed E-state index contributed by atoms with van der Waals surface area (Å²) in [7, 11) is -3.56. The summed E-state index contributed by atoms with van der Waals surface area (Å²) in [5, 5.41) is 5.20. The van der Waals surface area contributed by atoms with Crippen molar-refractivity contribution in [1.82, 2.24) is 9.71 Å². The standard InChI is InChI=1S/C19H19N3O3S2/c1-13(2)22-27(24,25)16-10-8-15(9-11-16)20-18(23)17-12-26-19(21-17)14-6-4-3-5-7-14/h3-13,22H,1-2H3,(H,20,23). The lowest BCUT2D eigenvalue weighted by atomic mass is 10.2. The number of anilines is 1. The Hall–Kier alpha value is -2.55. The molecule has 27 heavy (non-hydrogen) atoms. The number of thiazole rings is 1. The van der Waals surface area contributed by atoms with Crippen molar-refractivity contribution in [2.24, 2.45) is 0 Å². The fraction of sp³-hybridized carbons (Fsp3) is 0.158. The van der Waals surface area contributed by atoms with E-state index >= 15 is 0 Å². The van der Waals surface area contributed by atoms with Gasteiger partial charge in [-0.15, -0.1) is 11.3 Å². The summed E-state index contributed by atoms with van der Waals surface area (Å²) in [5.74, 6) is -0.343. The minimum atomic E-state index is -3.56. The van der Waals surface area contributed by atoms with E-state index in [0.717, 1.165) is 10.6 Å². The first-order chi connectivity index (χ1) is 12.8. The fourth-order valence-electron chi connectivity index (χ4n) is 2.38. The highest BCUT2D eigenvalue weighted by Gasteiger charge is 2.16.